The largest absolute Gasteiger partial charge is 0.390 e. The number of likely N-dealkylation sites (tertiary alicyclic amines) is 1. The molecule has 3 atom stereocenters. The van der Waals surface area contributed by atoms with Crippen LogP contribution >= 0.6 is 0 Å². The molecule has 4 aromatic rings. The fourth-order valence-electron chi connectivity index (χ4n) is 5.92. The molecule has 3 aliphatic rings. The van der Waals surface area contributed by atoms with Crippen LogP contribution in [0.15, 0.2) is 71.6 Å². The molecule has 9 nitrogen and oxygen atoms in total. The van der Waals surface area contributed by atoms with Crippen molar-refractivity contribution in [1.82, 2.24) is 24.5 Å². The van der Waals surface area contributed by atoms with Gasteiger partial charge in [-0.25, -0.2) is 9.50 Å². The number of carbonyl (C=O) groups excluding carboxylic acids is 1. The van der Waals surface area contributed by atoms with E-state index in [4.69, 9.17) is 10.1 Å². The van der Waals surface area contributed by atoms with Crippen molar-refractivity contribution in [2.75, 3.05) is 24.5 Å². The highest BCUT2D eigenvalue weighted by molar-refractivity contribution is 5.94. The van der Waals surface area contributed by atoms with Crippen LogP contribution in [0, 0.1) is 12.8 Å². The number of aliphatic hydroxyl groups is 1. The van der Waals surface area contributed by atoms with Gasteiger partial charge in [-0.2, -0.15) is 10.1 Å². The third kappa shape index (κ3) is 4.39. The van der Waals surface area contributed by atoms with E-state index >= 15 is 0 Å². The molecule has 2 fully saturated rings. The Morgan fingerprint density at radius 3 is 2.74 bits per heavy atom. The molecule has 39 heavy (non-hydrogen) atoms. The van der Waals surface area contributed by atoms with Gasteiger partial charge in [-0.15, -0.1) is 0 Å². The van der Waals surface area contributed by atoms with Crippen LogP contribution in [0.3, 0.4) is 0 Å². The number of piperidine rings is 1. The van der Waals surface area contributed by atoms with Crippen molar-refractivity contribution in [3.8, 4) is 11.1 Å². The number of benzene rings is 1. The van der Waals surface area contributed by atoms with Crippen molar-refractivity contribution in [2.45, 2.75) is 38.3 Å². The first kappa shape index (κ1) is 23.8. The topological polar surface area (TPSA) is 99.2 Å². The molecule has 0 bridgehead atoms. The lowest BCUT2D eigenvalue weighted by Crippen LogP contribution is -2.39. The molecule has 0 aliphatic carbocycles. The number of β-amino-alcohol motifs (C(OH)–C–C–N with tert-alkyl or cyclic N) is 1. The number of hydrogen-bond acceptors (Lipinski definition) is 7. The smallest absolute Gasteiger partial charge is 0.273 e. The summed E-state index contributed by atoms with van der Waals surface area (Å²) in [7, 11) is 0. The number of anilines is 1. The number of fused-ring (bicyclic) bond motifs is 1. The molecule has 1 aromatic carbocycles. The van der Waals surface area contributed by atoms with Crippen LogP contribution in [0.4, 0.5) is 5.82 Å². The fourth-order valence-corrected chi connectivity index (χ4v) is 5.92. The Labute approximate surface area is 226 Å². The normalized spacial score (nSPS) is 22.4. The van der Waals surface area contributed by atoms with E-state index in [1.165, 1.54) is 0 Å². The molecule has 3 aromatic heterocycles. The number of hydrogen-bond donors (Lipinski definition) is 1. The van der Waals surface area contributed by atoms with Crippen LogP contribution in [0.2, 0.25) is 0 Å². The van der Waals surface area contributed by atoms with Gasteiger partial charge in [0.15, 0.2) is 5.65 Å². The molecule has 1 amide bonds. The molecule has 1 unspecified atom stereocenters. The maximum Gasteiger partial charge on any atom is 0.273 e. The zero-order valence-electron chi connectivity index (χ0n) is 21.7. The fraction of sp³-hybridized carbons (Fsp3) is 0.333. The van der Waals surface area contributed by atoms with Crippen LogP contribution in [-0.4, -0.2) is 67.1 Å². The number of nitrogens with zero attached hydrogens (tertiary/aromatic N) is 7. The second kappa shape index (κ2) is 9.45. The first-order valence-corrected chi connectivity index (χ1v) is 13.5. The first-order valence-electron chi connectivity index (χ1n) is 13.5. The van der Waals surface area contributed by atoms with Gasteiger partial charge in [0.2, 0.25) is 0 Å². The van der Waals surface area contributed by atoms with Gasteiger partial charge in [0.25, 0.3) is 5.91 Å². The van der Waals surface area contributed by atoms with Gasteiger partial charge in [0, 0.05) is 49.5 Å². The van der Waals surface area contributed by atoms with Gasteiger partial charge in [0.05, 0.1) is 23.8 Å². The van der Waals surface area contributed by atoms with E-state index in [9.17, 15) is 9.90 Å². The Balaban J connectivity index is 1.17. The summed E-state index contributed by atoms with van der Waals surface area (Å²) in [5.74, 6) is 3.63. The van der Waals surface area contributed by atoms with Crippen LogP contribution in [0.5, 0.6) is 0 Å². The predicted molar refractivity (Wildman–Crippen MR) is 148 cm³/mol. The summed E-state index contributed by atoms with van der Waals surface area (Å²) in [6.07, 6.45) is 6.03. The number of carbonyl (C=O) groups is 1. The minimum Gasteiger partial charge on any atom is -0.390 e. The summed E-state index contributed by atoms with van der Waals surface area (Å²) in [5, 5.41) is 15.4. The van der Waals surface area contributed by atoms with Gasteiger partial charge in [0.1, 0.15) is 17.2 Å². The Kier molecular flexibility index (Phi) is 5.76. The number of aromatic nitrogens is 4. The van der Waals surface area contributed by atoms with Gasteiger partial charge in [-0.1, -0.05) is 30.3 Å². The molecular weight excluding hydrogens is 490 g/mol. The second-order valence-electron chi connectivity index (χ2n) is 10.6. The minimum absolute atomic E-state index is 0.0151. The van der Waals surface area contributed by atoms with Crippen LogP contribution < -0.4 is 4.90 Å². The van der Waals surface area contributed by atoms with Gasteiger partial charge >= 0.3 is 0 Å². The maximum absolute atomic E-state index is 13.8. The zero-order valence-corrected chi connectivity index (χ0v) is 21.7. The van der Waals surface area contributed by atoms with Crippen molar-refractivity contribution in [3.05, 3.63) is 83.6 Å². The summed E-state index contributed by atoms with van der Waals surface area (Å²) < 4.78 is 1.80. The van der Waals surface area contributed by atoms with E-state index in [1.54, 1.807) is 10.7 Å². The maximum atomic E-state index is 13.8. The number of rotatable bonds is 5. The number of aliphatic hydroxyl groups excluding tert-OH is 1. The van der Waals surface area contributed by atoms with Crippen molar-refractivity contribution in [1.29, 1.82) is 0 Å². The highest BCUT2D eigenvalue weighted by Gasteiger charge is 2.38. The highest BCUT2D eigenvalue weighted by atomic mass is 16.3. The van der Waals surface area contributed by atoms with Crippen molar-refractivity contribution < 1.29 is 9.90 Å². The van der Waals surface area contributed by atoms with Crippen LogP contribution in [0.25, 0.3) is 16.8 Å². The highest BCUT2D eigenvalue weighted by Crippen LogP contribution is 2.34. The van der Waals surface area contributed by atoms with E-state index in [1.807, 2.05) is 66.6 Å². The Hall–Kier alpha value is -4.33. The molecule has 0 spiro atoms. The van der Waals surface area contributed by atoms with Crippen molar-refractivity contribution in [3.63, 3.8) is 0 Å². The van der Waals surface area contributed by atoms with E-state index in [2.05, 4.69) is 20.7 Å². The quantitative estimate of drug-likeness (QED) is 0.430. The van der Waals surface area contributed by atoms with Crippen molar-refractivity contribution in [2.24, 2.45) is 10.9 Å². The minimum atomic E-state index is -0.479. The van der Waals surface area contributed by atoms with E-state index in [-0.39, 0.29) is 17.9 Å². The standard InChI is InChI=1S/C30H29N7O2/c1-19-16-37-28(33-29(19)35-17-22(25-15-32-25)27(38)18-35)14-23(34-37)26-9-5-6-12-36(26)30(39)24-13-21(10-11-31-24)20-7-3-2-4-8-20/h2-4,7-8,10-11,13-14,16,22,26-27,38H,5-6,9,12,17-18H2,1H3/t22?,26-,27-/m0/s1. The van der Waals surface area contributed by atoms with Gasteiger partial charge in [-0.3, -0.25) is 9.78 Å². The molecule has 3 aliphatic heterocycles. The SMILES string of the molecule is Cc1cn2nc([C@@H]3CCCCN3C(=O)c3cc(-c4ccccc4)ccn3)cc2nc1N1CC(C2=C=N2)[C@@H](O)C1. The predicted octanol–water partition coefficient (Wildman–Crippen LogP) is 3.83. The molecule has 7 rings (SSSR count). The van der Waals surface area contributed by atoms with E-state index < -0.39 is 6.10 Å². The zero-order chi connectivity index (χ0) is 26.5. The lowest BCUT2D eigenvalue weighted by molar-refractivity contribution is 0.0599. The summed E-state index contributed by atoms with van der Waals surface area (Å²) in [5.41, 5.74) is 5.88. The van der Waals surface area contributed by atoms with Crippen molar-refractivity contribution >= 4 is 23.2 Å². The molecule has 0 saturated carbocycles. The summed E-state index contributed by atoms with van der Waals surface area (Å²) in [6.45, 7) is 3.85. The summed E-state index contributed by atoms with van der Waals surface area (Å²) in [6, 6.07) is 15.7. The molecule has 6 heterocycles. The van der Waals surface area contributed by atoms with Gasteiger partial charge in [-0.05, 0) is 49.4 Å². The van der Waals surface area contributed by atoms with Crippen LogP contribution in [0.1, 0.15) is 47.1 Å². The number of aliphatic imine (C=N–C) groups is 1. The lowest BCUT2D eigenvalue weighted by atomic mass is 9.98. The third-order valence-corrected chi connectivity index (χ3v) is 8.00. The number of amides is 1. The first-order chi connectivity index (χ1) is 19.0. The molecule has 1 N–H and O–H groups in total. The van der Waals surface area contributed by atoms with E-state index in [0.717, 1.165) is 58.8 Å². The van der Waals surface area contributed by atoms with Crippen LogP contribution in [-0.2, 0) is 0 Å². The average Bonchev–Trinajstić information content (AvgIpc) is 3.62. The molecule has 2 saturated heterocycles. The third-order valence-electron chi connectivity index (χ3n) is 8.00. The van der Waals surface area contributed by atoms with Gasteiger partial charge < -0.3 is 14.9 Å². The molecule has 9 heteroatoms. The second-order valence-corrected chi connectivity index (χ2v) is 10.6. The Morgan fingerprint density at radius 1 is 1.08 bits per heavy atom. The monoisotopic (exact) mass is 519 g/mol. The molecule has 196 valence electrons. The number of aryl methyl sites for hydroxylation is 1. The Morgan fingerprint density at radius 2 is 1.92 bits per heavy atom. The molecular formula is C30H29N7O2. The Bertz CT molecular complexity index is 1640. The average molecular weight is 520 g/mol. The summed E-state index contributed by atoms with van der Waals surface area (Å²) >= 11 is 0. The summed E-state index contributed by atoms with van der Waals surface area (Å²) in [4.78, 5) is 31.2. The molecule has 0 radical (unpaired) electrons. The lowest BCUT2D eigenvalue weighted by Gasteiger charge is -2.34. The number of pyridine rings is 1. The van der Waals surface area contributed by atoms with E-state index in [0.29, 0.717) is 25.3 Å².